The van der Waals surface area contributed by atoms with Gasteiger partial charge in [-0.15, -0.1) is 0 Å². The molecule has 0 aliphatic carbocycles. The molecule has 7 heteroatoms. The molecule has 3 rings (SSSR count). The third-order valence-electron chi connectivity index (χ3n) is 4.67. The molecule has 0 amide bonds. The van der Waals surface area contributed by atoms with Gasteiger partial charge in [-0.25, -0.2) is 4.39 Å². The van der Waals surface area contributed by atoms with Crippen molar-refractivity contribution in [2.24, 2.45) is 5.92 Å². The van der Waals surface area contributed by atoms with Gasteiger partial charge in [0.25, 0.3) is 0 Å². The zero-order valence-corrected chi connectivity index (χ0v) is 14.8. The van der Waals surface area contributed by atoms with Gasteiger partial charge in [0.15, 0.2) is 0 Å². The van der Waals surface area contributed by atoms with Crippen molar-refractivity contribution in [1.29, 1.82) is 5.26 Å². The molecule has 6 nitrogen and oxygen atoms in total. The predicted octanol–water partition coefficient (Wildman–Crippen LogP) is 3.36. The summed E-state index contributed by atoms with van der Waals surface area (Å²) in [5.74, 6) is 0.130. The first kappa shape index (κ1) is 18.6. The third-order valence-corrected chi connectivity index (χ3v) is 4.67. The molecule has 0 unspecified atom stereocenters. The second kappa shape index (κ2) is 8.49. The highest BCUT2D eigenvalue weighted by molar-refractivity contribution is 5.67. The molecule has 1 fully saturated rings. The number of nitriles is 1. The van der Waals surface area contributed by atoms with Gasteiger partial charge in [0, 0.05) is 31.1 Å². The van der Waals surface area contributed by atoms with Crippen LogP contribution < -0.4 is 9.64 Å². The van der Waals surface area contributed by atoms with Gasteiger partial charge >= 0.3 is 5.97 Å². The highest BCUT2D eigenvalue weighted by Gasteiger charge is 2.22. The number of carbonyl (C=O) groups is 1. The molecule has 1 saturated heterocycles. The van der Waals surface area contributed by atoms with Gasteiger partial charge in [0.05, 0.1) is 11.6 Å². The van der Waals surface area contributed by atoms with Gasteiger partial charge in [-0.1, -0.05) is 12.1 Å². The van der Waals surface area contributed by atoms with Gasteiger partial charge in [0.1, 0.15) is 18.2 Å². The summed E-state index contributed by atoms with van der Waals surface area (Å²) < 4.78 is 19.5. The maximum absolute atomic E-state index is 13.9. The second-order valence-corrected chi connectivity index (χ2v) is 6.57. The fourth-order valence-electron chi connectivity index (χ4n) is 3.16. The molecular formula is C20H20FN3O3. The Morgan fingerprint density at radius 3 is 2.78 bits per heavy atom. The maximum atomic E-state index is 13.9. The Morgan fingerprint density at radius 2 is 2.11 bits per heavy atom. The van der Waals surface area contributed by atoms with Crippen molar-refractivity contribution in [3.05, 3.63) is 53.3 Å². The number of hydrogen-bond donors (Lipinski definition) is 1. The highest BCUT2D eigenvalue weighted by Crippen LogP contribution is 2.25. The minimum absolute atomic E-state index is 0.0225. The lowest BCUT2D eigenvalue weighted by Crippen LogP contribution is -2.34. The molecule has 0 atom stereocenters. The average molecular weight is 369 g/mol. The van der Waals surface area contributed by atoms with Crippen LogP contribution in [0, 0.1) is 23.1 Å². The number of carboxylic acids is 1. The van der Waals surface area contributed by atoms with E-state index in [2.05, 4.69) is 9.88 Å². The SMILES string of the molecule is N#Cc1ccc(COc2cccc(N3CCC(CC(=O)O)CC3)n2)c(F)c1. The van der Waals surface area contributed by atoms with Crippen molar-refractivity contribution in [3.8, 4) is 11.9 Å². The Balaban J connectivity index is 1.60. The summed E-state index contributed by atoms with van der Waals surface area (Å²) in [5, 5.41) is 17.7. The number of ether oxygens (including phenoxy) is 1. The first-order valence-corrected chi connectivity index (χ1v) is 8.80. The van der Waals surface area contributed by atoms with E-state index >= 15 is 0 Å². The first-order chi connectivity index (χ1) is 13.0. The van der Waals surface area contributed by atoms with Crippen LogP contribution in [0.2, 0.25) is 0 Å². The molecule has 1 aromatic heterocycles. The Bertz CT molecular complexity index is 858. The predicted molar refractivity (Wildman–Crippen MR) is 96.9 cm³/mol. The number of nitrogens with zero attached hydrogens (tertiary/aromatic N) is 3. The Hall–Kier alpha value is -3.14. The van der Waals surface area contributed by atoms with Crippen LogP contribution in [0.5, 0.6) is 5.88 Å². The zero-order valence-electron chi connectivity index (χ0n) is 14.8. The van der Waals surface area contributed by atoms with Crippen LogP contribution in [-0.2, 0) is 11.4 Å². The molecule has 0 spiro atoms. The topological polar surface area (TPSA) is 86.5 Å². The maximum Gasteiger partial charge on any atom is 0.303 e. The van der Waals surface area contributed by atoms with E-state index in [1.807, 2.05) is 18.2 Å². The molecule has 1 aliphatic heterocycles. The van der Waals surface area contributed by atoms with Crippen LogP contribution in [-0.4, -0.2) is 29.1 Å². The van der Waals surface area contributed by atoms with Crippen LogP contribution >= 0.6 is 0 Å². The van der Waals surface area contributed by atoms with Gasteiger partial charge in [0.2, 0.25) is 5.88 Å². The average Bonchev–Trinajstić information content (AvgIpc) is 2.67. The molecule has 1 aromatic carbocycles. The number of rotatable bonds is 6. The number of pyridine rings is 1. The summed E-state index contributed by atoms with van der Waals surface area (Å²) in [6, 6.07) is 11.6. The van der Waals surface area contributed by atoms with Crippen molar-refractivity contribution in [3.63, 3.8) is 0 Å². The van der Waals surface area contributed by atoms with Gasteiger partial charge in [-0.3, -0.25) is 4.79 Å². The van der Waals surface area contributed by atoms with E-state index in [0.29, 0.717) is 11.4 Å². The largest absolute Gasteiger partial charge is 0.481 e. The van der Waals surface area contributed by atoms with Crippen molar-refractivity contribution < 1.29 is 19.0 Å². The number of anilines is 1. The molecule has 2 aromatic rings. The Labute approximate surface area is 156 Å². The number of benzene rings is 1. The van der Waals surface area contributed by atoms with E-state index in [-0.39, 0.29) is 24.5 Å². The Morgan fingerprint density at radius 1 is 1.33 bits per heavy atom. The number of piperidine rings is 1. The highest BCUT2D eigenvalue weighted by atomic mass is 19.1. The minimum atomic E-state index is -0.753. The van der Waals surface area contributed by atoms with Crippen LogP contribution in [0.3, 0.4) is 0 Å². The summed E-state index contributed by atoms with van der Waals surface area (Å²) in [5.41, 5.74) is 0.623. The van der Waals surface area contributed by atoms with E-state index < -0.39 is 11.8 Å². The fraction of sp³-hybridized carbons (Fsp3) is 0.350. The van der Waals surface area contributed by atoms with Gasteiger partial charge in [-0.05, 0) is 37.0 Å². The van der Waals surface area contributed by atoms with Crippen LogP contribution in [0.15, 0.2) is 36.4 Å². The number of carboxylic acid groups (broad SMARTS) is 1. The molecule has 2 heterocycles. The summed E-state index contributed by atoms with van der Waals surface area (Å²) >= 11 is 0. The molecule has 140 valence electrons. The normalized spacial score (nSPS) is 14.6. The van der Waals surface area contributed by atoms with Crippen molar-refractivity contribution in [1.82, 2.24) is 4.98 Å². The lowest BCUT2D eigenvalue weighted by atomic mass is 9.94. The quantitative estimate of drug-likeness (QED) is 0.840. The number of aromatic nitrogens is 1. The van der Waals surface area contributed by atoms with E-state index in [0.717, 1.165) is 31.7 Å². The smallest absolute Gasteiger partial charge is 0.303 e. The standard InChI is InChI=1S/C20H20FN3O3/c21-17-10-15(12-22)4-5-16(17)13-27-19-3-1-2-18(23-19)24-8-6-14(7-9-24)11-20(25)26/h1-5,10,14H,6-9,11,13H2,(H,25,26). The van der Waals surface area contributed by atoms with Crippen molar-refractivity contribution in [2.45, 2.75) is 25.9 Å². The molecule has 27 heavy (non-hydrogen) atoms. The number of hydrogen-bond acceptors (Lipinski definition) is 5. The molecule has 0 saturated carbocycles. The monoisotopic (exact) mass is 369 g/mol. The van der Waals surface area contributed by atoms with E-state index in [9.17, 15) is 9.18 Å². The molecule has 0 radical (unpaired) electrons. The van der Waals surface area contributed by atoms with E-state index in [1.54, 1.807) is 12.1 Å². The van der Waals surface area contributed by atoms with Gasteiger partial charge in [-0.2, -0.15) is 10.2 Å². The van der Waals surface area contributed by atoms with Crippen LogP contribution in [0.1, 0.15) is 30.4 Å². The van der Waals surface area contributed by atoms with E-state index in [4.69, 9.17) is 15.1 Å². The van der Waals surface area contributed by atoms with Crippen molar-refractivity contribution >= 4 is 11.8 Å². The van der Waals surface area contributed by atoms with Crippen LogP contribution in [0.25, 0.3) is 0 Å². The Kier molecular flexibility index (Phi) is 5.87. The number of aliphatic carboxylic acids is 1. The molecular weight excluding hydrogens is 349 g/mol. The van der Waals surface area contributed by atoms with Gasteiger partial charge < -0.3 is 14.7 Å². The summed E-state index contributed by atoms with van der Waals surface area (Å²) in [7, 11) is 0. The minimum Gasteiger partial charge on any atom is -0.481 e. The van der Waals surface area contributed by atoms with Crippen molar-refractivity contribution in [2.75, 3.05) is 18.0 Å². The molecule has 1 N–H and O–H groups in total. The molecule has 0 bridgehead atoms. The summed E-state index contributed by atoms with van der Waals surface area (Å²) in [6.45, 7) is 1.52. The molecule has 1 aliphatic rings. The van der Waals surface area contributed by atoms with Crippen LogP contribution in [0.4, 0.5) is 10.2 Å². The fourth-order valence-corrected chi connectivity index (χ4v) is 3.16. The second-order valence-electron chi connectivity index (χ2n) is 6.57. The summed E-state index contributed by atoms with van der Waals surface area (Å²) in [6.07, 6.45) is 1.84. The lowest BCUT2D eigenvalue weighted by molar-refractivity contribution is -0.138. The third kappa shape index (κ3) is 4.94. The number of halogens is 1. The zero-order chi connectivity index (χ0) is 19.2. The lowest BCUT2D eigenvalue weighted by Gasteiger charge is -2.32. The van der Waals surface area contributed by atoms with E-state index in [1.165, 1.54) is 12.1 Å². The first-order valence-electron chi connectivity index (χ1n) is 8.80. The summed E-state index contributed by atoms with van der Waals surface area (Å²) in [4.78, 5) is 17.4.